The van der Waals surface area contributed by atoms with Gasteiger partial charge in [0.1, 0.15) is 5.75 Å². The highest BCUT2D eigenvalue weighted by atomic mass is 32.2. The Kier molecular flexibility index (Phi) is 4.99. The summed E-state index contributed by atoms with van der Waals surface area (Å²) in [4.78, 5) is 1.21. The fraction of sp³-hybridized carbons (Fsp3) is 0.500. The molecule has 0 spiro atoms. The van der Waals surface area contributed by atoms with E-state index < -0.39 is 0 Å². The molecule has 1 aromatic carbocycles. The average molecular weight is 225 g/mol. The van der Waals surface area contributed by atoms with Crippen LogP contribution in [0.15, 0.2) is 23.1 Å². The maximum Gasteiger partial charge on any atom is 0.132 e. The Morgan fingerprint density at radius 2 is 2.20 bits per heavy atom. The van der Waals surface area contributed by atoms with Gasteiger partial charge in [0.2, 0.25) is 0 Å². The zero-order chi connectivity index (χ0) is 11.3. The molecule has 2 nitrogen and oxygen atoms in total. The molecular formula is C12H19NOS. The lowest BCUT2D eigenvalue weighted by molar-refractivity contribution is 0.404. The lowest BCUT2D eigenvalue weighted by atomic mass is 10.2. The molecule has 0 heterocycles. The molecule has 1 unspecified atom stereocenters. The average Bonchev–Trinajstić information content (AvgIpc) is 2.17. The van der Waals surface area contributed by atoms with E-state index in [-0.39, 0.29) is 6.04 Å². The molecule has 15 heavy (non-hydrogen) atoms. The van der Waals surface area contributed by atoms with E-state index >= 15 is 0 Å². The van der Waals surface area contributed by atoms with E-state index in [1.807, 2.05) is 24.8 Å². The highest BCUT2D eigenvalue weighted by Crippen LogP contribution is 2.30. The van der Waals surface area contributed by atoms with Crippen LogP contribution in [0.5, 0.6) is 5.75 Å². The predicted octanol–water partition coefficient (Wildman–Crippen LogP) is 2.83. The van der Waals surface area contributed by atoms with Crippen molar-refractivity contribution < 1.29 is 4.74 Å². The Bertz CT molecular complexity index is 312. The fourth-order valence-corrected chi connectivity index (χ4v) is 2.52. The van der Waals surface area contributed by atoms with Crippen LogP contribution >= 0.6 is 11.8 Å². The number of benzene rings is 1. The van der Waals surface area contributed by atoms with E-state index in [0.29, 0.717) is 0 Å². The zero-order valence-corrected chi connectivity index (χ0v) is 10.4. The van der Waals surface area contributed by atoms with Gasteiger partial charge in [-0.25, -0.2) is 0 Å². The van der Waals surface area contributed by atoms with E-state index in [2.05, 4.69) is 19.1 Å². The largest absolute Gasteiger partial charge is 0.496 e. The van der Waals surface area contributed by atoms with Crippen LogP contribution in [-0.4, -0.2) is 18.9 Å². The Labute approximate surface area is 96.2 Å². The van der Waals surface area contributed by atoms with Crippen molar-refractivity contribution in [2.75, 3.05) is 12.9 Å². The maximum absolute atomic E-state index is 5.71. The van der Waals surface area contributed by atoms with Crippen LogP contribution in [0, 0.1) is 6.92 Å². The molecule has 84 valence electrons. The normalized spacial score (nSPS) is 12.5. The Morgan fingerprint density at radius 1 is 1.47 bits per heavy atom. The van der Waals surface area contributed by atoms with Crippen LogP contribution in [0.3, 0.4) is 0 Å². The molecule has 1 atom stereocenters. The molecule has 0 aliphatic heterocycles. The molecule has 0 saturated carbocycles. The van der Waals surface area contributed by atoms with Gasteiger partial charge in [-0.05, 0) is 43.7 Å². The third-order valence-electron chi connectivity index (χ3n) is 2.15. The minimum Gasteiger partial charge on any atom is -0.496 e. The third-order valence-corrected chi connectivity index (χ3v) is 3.22. The number of thioether (sulfide) groups is 1. The smallest absolute Gasteiger partial charge is 0.132 e. The van der Waals surface area contributed by atoms with Crippen LogP contribution in [0.4, 0.5) is 0 Å². The van der Waals surface area contributed by atoms with Crippen molar-refractivity contribution in [1.29, 1.82) is 0 Å². The highest BCUT2D eigenvalue weighted by Gasteiger charge is 2.04. The predicted molar refractivity (Wildman–Crippen MR) is 66.7 cm³/mol. The molecule has 1 aromatic rings. The van der Waals surface area contributed by atoms with Gasteiger partial charge in [0.25, 0.3) is 0 Å². The monoisotopic (exact) mass is 225 g/mol. The van der Waals surface area contributed by atoms with Gasteiger partial charge in [-0.3, -0.25) is 0 Å². The van der Waals surface area contributed by atoms with Gasteiger partial charge in [-0.1, -0.05) is 6.07 Å². The number of hydrogen-bond donors (Lipinski definition) is 1. The summed E-state index contributed by atoms with van der Waals surface area (Å²) in [7, 11) is 1.71. The van der Waals surface area contributed by atoms with E-state index in [1.165, 1.54) is 10.5 Å². The summed E-state index contributed by atoms with van der Waals surface area (Å²) in [5.74, 6) is 1.99. The Hall–Kier alpha value is -0.670. The lowest BCUT2D eigenvalue weighted by Crippen LogP contribution is -2.15. The lowest BCUT2D eigenvalue weighted by Gasteiger charge is -2.09. The van der Waals surface area contributed by atoms with Crippen molar-refractivity contribution in [2.45, 2.75) is 31.2 Å². The van der Waals surface area contributed by atoms with Crippen molar-refractivity contribution in [2.24, 2.45) is 5.73 Å². The second kappa shape index (κ2) is 6.03. The van der Waals surface area contributed by atoms with Crippen molar-refractivity contribution in [3.05, 3.63) is 23.8 Å². The fourth-order valence-electron chi connectivity index (χ4n) is 1.25. The van der Waals surface area contributed by atoms with Crippen LogP contribution in [0.1, 0.15) is 18.9 Å². The van der Waals surface area contributed by atoms with Gasteiger partial charge in [0, 0.05) is 10.9 Å². The molecule has 2 N–H and O–H groups in total. The second-order valence-electron chi connectivity index (χ2n) is 3.77. The molecule has 0 fully saturated rings. The van der Waals surface area contributed by atoms with Crippen LogP contribution in [0.25, 0.3) is 0 Å². The van der Waals surface area contributed by atoms with E-state index in [1.54, 1.807) is 7.11 Å². The molecule has 0 saturated heterocycles. The molecule has 3 heteroatoms. The minimum absolute atomic E-state index is 0.272. The molecule has 1 rings (SSSR count). The van der Waals surface area contributed by atoms with Crippen LogP contribution in [0.2, 0.25) is 0 Å². The minimum atomic E-state index is 0.272. The van der Waals surface area contributed by atoms with Gasteiger partial charge in [0.15, 0.2) is 0 Å². The molecule has 0 amide bonds. The first-order chi connectivity index (χ1) is 7.13. The number of nitrogens with two attached hydrogens (primary N) is 1. The van der Waals surface area contributed by atoms with Gasteiger partial charge < -0.3 is 10.5 Å². The number of hydrogen-bond acceptors (Lipinski definition) is 3. The first kappa shape index (κ1) is 12.4. The summed E-state index contributed by atoms with van der Waals surface area (Å²) in [5, 5.41) is 0. The molecule has 0 aromatic heterocycles. The van der Waals surface area contributed by atoms with Crippen molar-refractivity contribution in [3.63, 3.8) is 0 Å². The van der Waals surface area contributed by atoms with Gasteiger partial charge in [-0.15, -0.1) is 11.8 Å². The van der Waals surface area contributed by atoms with E-state index in [0.717, 1.165) is 17.9 Å². The summed E-state index contributed by atoms with van der Waals surface area (Å²) in [6, 6.07) is 6.51. The van der Waals surface area contributed by atoms with E-state index in [9.17, 15) is 0 Å². The number of ether oxygens (including phenoxy) is 1. The molecule has 0 radical (unpaired) electrons. The highest BCUT2D eigenvalue weighted by molar-refractivity contribution is 7.99. The topological polar surface area (TPSA) is 35.2 Å². The number of methoxy groups -OCH3 is 1. The summed E-state index contributed by atoms with van der Waals surface area (Å²) < 4.78 is 5.31. The summed E-state index contributed by atoms with van der Waals surface area (Å²) in [6.45, 7) is 4.13. The van der Waals surface area contributed by atoms with E-state index in [4.69, 9.17) is 10.5 Å². The van der Waals surface area contributed by atoms with Crippen molar-refractivity contribution in [3.8, 4) is 5.75 Å². The van der Waals surface area contributed by atoms with Gasteiger partial charge in [0.05, 0.1) is 7.11 Å². The first-order valence-electron chi connectivity index (χ1n) is 5.16. The van der Waals surface area contributed by atoms with Crippen molar-refractivity contribution >= 4 is 11.8 Å². The summed E-state index contributed by atoms with van der Waals surface area (Å²) >= 11 is 1.81. The Balaban J connectivity index is 2.62. The number of aryl methyl sites for hydroxylation is 1. The van der Waals surface area contributed by atoms with Crippen LogP contribution < -0.4 is 10.5 Å². The molecule has 0 bridgehead atoms. The third kappa shape index (κ3) is 4.14. The quantitative estimate of drug-likeness (QED) is 0.783. The standard InChI is InChI=1S/C12H19NOS/c1-9-4-5-11(14-3)12(8-9)15-7-6-10(2)13/h4-5,8,10H,6-7,13H2,1-3H3. The second-order valence-corrected chi connectivity index (χ2v) is 4.91. The first-order valence-corrected chi connectivity index (χ1v) is 6.15. The maximum atomic E-state index is 5.71. The number of rotatable bonds is 5. The van der Waals surface area contributed by atoms with Gasteiger partial charge >= 0.3 is 0 Å². The summed E-state index contributed by atoms with van der Waals surface area (Å²) in [6.07, 6.45) is 1.03. The van der Waals surface area contributed by atoms with Gasteiger partial charge in [-0.2, -0.15) is 0 Å². The Morgan fingerprint density at radius 3 is 2.80 bits per heavy atom. The molecular weight excluding hydrogens is 206 g/mol. The van der Waals surface area contributed by atoms with Crippen LogP contribution in [-0.2, 0) is 0 Å². The summed E-state index contributed by atoms with van der Waals surface area (Å²) in [5.41, 5.74) is 6.98. The molecule has 0 aliphatic rings. The van der Waals surface area contributed by atoms with Crippen molar-refractivity contribution in [1.82, 2.24) is 0 Å². The molecule has 0 aliphatic carbocycles. The zero-order valence-electron chi connectivity index (χ0n) is 9.62. The SMILES string of the molecule is COc1ccc(C)cc1SCCC(C)N.